The molecule has 1 aromatic carbocycles. The van der Waals surface area contributed by atoms with Crippen molar-refractivity contribution in [3.05, 3.63) is 93.4 Å². The van der Waals surface area contributed by atoms with Crippen molar-refractivity contribution < 1.29 is 9.50 Å². The third kappa shape index (κ3) is 4.52. The van der Waals surface area contributed by atoms with Gasteiger partial charge in [-0.1, -0.05) is 18.2 Å². The first-order valence-corrected chi connectivity index (χ1v) is 10.5. The summed E-state index contributed by atoms with van der Waals surface area (Å²) in [6.45, 7) is 5.19. The van der Waals surface area contributed by atoms with Gasteiger partial charge in [0, 0.05) is 38.1 Å². The summed E-state index contributed by atoms with van der Waals surface area (Å²) in [5.74, 6) is -0.426. The van der Waals surface area contributed by atoms with Crippen molar-refractivity contribution in [2.45, 2.75) is 19.5 Å². The topological polar surface area (TPSA) is 61.6 Å². The molecule has 31 heavy (non-hydrogen) atoms. The summed E-state index contributed by atoms with van der Waals surface area (Å²) in [7, 11) is 2.05. The number of rotatable bonds is 5. The van der Waals surface area contributed by atoms with Crippen LogP contribution in [0.15, 0.2) is 59.5 Å². The summed E-state index contributed by atoms with van der Waals surface area (Å²) in [6, 6.07) is 12.9. The lowest BCUT2D eigenvalue weighted by molar-refractivity contribution is 0.125. The number of likely N-dealkylation sites (N-methyl/N-ethyl adjacent to an activating group) is 1. The van der Waals surface area contributed by atoms with Gasteiger partial charge in [0.2, 0.25) is 0 Å². The minimum absolute atomic E-state index is 0.0621. The molecule has 6 nitrogen and oxygen atoms in total. The van der Waals surface area contributed by atoms with Crippen LogP contribution >= 0.6 is 0 Å². The predicted octanol–water partition coefficient (Wildman–Crippen LogP) is 2.78. The van der Waals surface area contributed by atoms with E-state index in [4.69, 9.17) is 0 Å². The first kappa shape index (κ1) is 21.2. The number of aromatic nitrogens is 2. The summed E-state index contributed by atoms with van der Waals surface area (Å²) >= 11 is 0. The summed E-state index contributed by atoms with van der Waals surface area (Å²) in [5.41, 5.74) is 2.05. The van der Waals surface area contributed by atoms with Crippen LogP contribution in [0.2, 0.25) is 0 Å². The van der Waals surface area contributed by atoms with Crippen molar-refractivity contribution in [1.82, 2.24) is 19.4 Å². The molecule has 1 fully saturated rings. The molecule has 1 N–H and O–H groups in total. The Morgan fingerprint density at radius 1 is 1.10 bits per heavy atom. The summed E-state index contributed by atoms with van der Waals surface area (Å²) in [4.78, 5) is 22.4. The highest BCUT2D eigenvalue weighted by Crippen LogP contribution is 2.33. The van der Waals surface area contributed by atoms with Crippen LogP contribution in [0.4, 0.5) is 4.39 Å². The fourth-order valence-corrected chi connectivity index (χ4v) is 4.19. The maximum Gasteiger partial charge on any atom is 0.260 e. The Morgan fingerprint density at radius 3 is 2.55 bits per heavy atom. The largest absolute Gasteiger partial charge is 0.507 e. The first-order chi connectivity index (χ1) is 14.9. The highest BCUT2D eigenvalue weighted by atomic mass is 19.1. The molecule has 4 rings (SSSR count). The van der Waals surface area contributed by atoms with Gasteiger partial charge in [-0.25, -0.2) is 4.39 Å². The number of halogens is 1. The molecule has 0 bridgehead atoms. The van der Waals surface area contributed by atoms with Gasteiger partial charge < -0.3 is 14.6 Å². The summed E-state index contributed by atoms with van der Waals surface area (Å²) in [6.07, 6.45) is 1.69. The maximum absolute atomic E-state index is 14.1. The molecule has 3 aromatic rings. The van der Waals surface area contributed by atoms with Crippen molar-refractivity contribution in [2.24, 2.45) is 0 Å². The molecule has 1 saturated heterocycles. The molecular weight excluding hydrogens is 395 g/mol. The molecule has 0 saturated carbocycles. The van der Waals surface area contributed by atoms with Crippen LogP contribution in [0.25, 0.3) is 0 Å². The van der Waals surface area contributed by atoms with Gasteiger partial charge in [0.1, 0.15) is 11.6 Å². The van der Waals surface area contributed by atoms with Crippen molar-refractivity contribution in [3.63, 3.8) is 0 Å². The minimum Gasteiger partial charge on any atom is -0.507 e. The highest BCUT2D eigenvalue weighted by Gasteiger charge is 2.31. The Bertz CT molecular complexity index is 1110. The standard InChI is InChI=1S/C24H27FN4O2/c1-17-14-21(30)22(24(31)29(17)16-20-8-3-4-9-26-20)23(18-6-5-7-19(25)15-18)28-12-10-27(2)11-13-28/h3-9,14-15,23,30H,10-13,16H2,1-2H3/t23-/m0/s1. The fraction of sp³-hybridized carbons (Fsp3) is 0.333. The Hall–Kier alpha value is -3.03. The Balaban J connectivity index is 1.84. The molecule has 0 amide bonds. The molecule has 0 aliphatic carbocycles. The maximum atomic E-state index is 14.1. The molecule has 1 aliphatic rings. The summed E-state index contributed by atoms with van der Waals surface area (Å²) in [5, 5.41) is 10.9. The highest BCUT2D eigenvalue weighted by molar-refractivity contribution is 5.41. The predicted molar refractivity (Wildman–Crippen MR) is 118 cm³/mol. The van der Waals surface area contributed by atoms with Crippen LogP contribution in [-0.4, -0.2) is 57.7 Å². The van der Waals surface area contributed by atoms with Gasteiger partial charge in [0.05, 0.1) is 23.8 Å². The number of hydrogen-bond acceptors (Lipinski definition) is 5. The molecule has 3 heterocycles. The van der Waals surface area contributed by atoms with E-state index in [1.54, 1.807) is 29.8 Å². The van der Waals surface area contributed by atoms with Gasteiger partial charge in [-0.3, -0.25) is 14.7 Å². The number of hydrogen-bond donors (Lipinski definition) is 1. The van der Waals surface area contributed by atoms with Crippen LogP contribution in [-0.2, 0) is 6.54 Å². The number of piperazine rings is 1. The van der Waals surface area contributed by atoms with Crippen LogP contribution in [0.3, 0.4) is 0 Å². The van der Waals surface area contributed by atoms with E-state index in [0.717, 1.165) is 18.8 Å². The van der Waals surface area contributed by atoms with Crippen LogP contribution in [0, 0.1) is 12.7 Å². The lowest BCUT2D eigenvalue weighted by atomic mass is 9.96. The van der Waals surface area contributed by atoms with Crippen LogP contribution < -0.4 is 5.56 Å². The summed E-state index contributed by atoms with van der Waals surface area (Å²) < 4.78 is 15.7. The molecular formula is C24H27FN4O2. The Kier molecular flexibility index (Phi) is 6.15. The second kappa shape index (κ2) is 8.99. The third-order valence-electron chi connectivity index (χ3n) is 5.91. The van der Waals surface area contributed by atoms with Gasteiger partial charge in [0.25, 0.3) is 5.56 Å². The van der Waals surface area contributed by atoms with E-state index in [1.165, 1.54) is 12.1 Å². The number of benzene rings is 1. The SMILES string of the molecule is Cc1cc(O)c([C@H](c2cccc(F)c2)N2CCN(C)CC2)c(=O)n1Cc1ccccn1. The van der Waals surface area contributed by atoms with E-state index in [-0.39, 0.29) is 22.7 Å². The van der Waals surface area contributed by atoms with Crippen molar-refractivity contribution in [1.29, 1.82) is 0 Å². The van der Waals surface area contributed by atoms with Crippen molar-refractivity contribution >= 4 is 0 Å². The number of nitrogens with zero attached hydrogens (tertiary/aromatic N) is 4. The van der Waals surface area contributed by atoms with Gasteiger partial charge in [0.15, 0.2) is 0 Å². The van der Waals surface area contributed by atoms with Crippen LogP contribution in [0.5, 0.6) is 5.75 Å². The van der Waals surface area contributed by atoms with Gasteiger partial charge in [-0.2, -0.15) is 0 Å². The Morgan fingerprint density at radius 2 is 1.87 bits per heavy atom. The zero-order valence-corrected chi connectivity index (χ0v) is 17.8. The molecule has 0 unspecified atom stereocenters. The Labute approximate surface area is 181 Å². The molecule has 162 valence electrons. The zero-order chi connectivity index (χ0) is 22.0. The first-order valence-electron chi connectivity index (χ1n) is 10.5. The van der Waals surface area contributed by atoms with Gasteiger partial charge in [-0.15, -0.1) is 0 Å². The quantitative estimate of drug-likeness (QED) is 0.685. The smallest absolute Gasteiger partial charge is 0.260 e. The van der Waals surface area contributed by atoms with Gasteiger partial charge in [-0.05, 0) is 49.9 Å². The molecule has 2 aromatic heterocycles. The lowest BCUT2D eigenvalue weighted by Gasteiger charge is -2.38. The molecule has 7 heteroatoms. The van der Waals surface area contributed by atoms with E-state index >= 15 is 0 Å². The zero-order valence-electron chi connectivity index (χ0n) is 17.8. The third-order valence-corrected chi connectivity index (χ3v) is 5.91. The number of aromatic hydroxyl groups is 1. The van der Waals surface area contributed by atoms with E-state index < -0.39 is 6.04 Å². The monoisotopic (exact) mass is 422 g/mol. The average molecular weight is 423 g/mol. The van der Waals surface area contributed by atoms with Crippen molar-refractivity contribution in [2.75, 3.05) is 33.2 Å². The number of aryl methyl sites for hydroxylation is 1. The fourth-order valence-electron chi connectivity index (χ4n) is 4.19. The van der Waals surface area contributed by atoms with E-state index in [0.29, 0.717) is 30.9 Å². The van der Waals surface area contributed by atoms with Crippen molar-refractivity contribution in [3.8, 4) is 5.75 Å². The lowest BCUT2D eigenvalue weighted by Crippen LogP contribution is -2.47. The van der Waals surface area contributed by atoms with E-state index in [9.17, 15) is 14.3 Å². The molecule has 1 aliphatic heterocycles. The second-order valence-electron chi connectivity index (χ2n) is 8.09. The van der Waals surface area contributed by atoms with Crippen LogP contribution in [0.1, 0.15) is 28.6 Å². The van der Waals surface area contributed by atoms with E-state index in [2.05, 4.69) is 21.8 Å². The average Bonchev–Trinajstić information content (AvgIpc) is 2.76. The van der Waals surface area contributed by atoms with E-state index in [1.807, 2.05) is 24.3 Å². The normalized spacial score (nSPS) is 16.4. The molecule has 1 atom stereocenters. The molecule has 0 spiro atoms. The van der Waals surface area contributed by atoms with Gasteiger partial charge >= 0.3 is 0 Å². The minimum atomic E-state index is -0.535. The second-order valence-corrected chi connectivity index (χ2v) is 8.09. The molecule has 0 radical (unpaired) electrons. The number of pyridine rings is 2.